The van der Waals surface area contributed by atoms with Crippen molar-refractivity contribution in [2.24, 2.45) is 10.4 Å². The van der Waals surface area contributed by atoms with E-state index in [4.69, 9.17) is 4.74 Å². The molecule has 1 saturated heterocycles. The highest BCUT2D eigenvalue weighted by Gasteiger charge is 2.34. The highest BCUT2D eigenvalue weighted by Crippen LogP contribution is 2.31. The lowest BCUT2D eigenvalue weighted by molar-refractivity contribution is 0.127. The van der Waals surface area contributed by atoms with Crippen LogP contribution in [0.5, 0.6) is 0 Å². The summed E-state index contributed by atoms with van der Waals surface area (Å²) in [4.78, 5) is 6.70. The van der Waals surface area contributed by atoms with Gasteiger partial charge in [0.2, 0.25) is 0 Å². The quantitative estimate of drug-likeness (QED) is 0.260. The van der Waals surface area contributed by atoms with Crippen LogP contribution in [-0.2, 0) is 11.3 Å². The Morgan fingerprint density at radius 1 is 1.32 bits per heavy atom. The van der Waals surface area contributed by atoms with Crippen LogP contribution < -0.4 is 10.6 Å². The molecule has 0 amide bonds. The van der Waals surface area contributed by atoms with Gasteiger partial charge in [-0.3, -0.25) is 9.89 Å². The van der Waals surface area contributed by atoms with Gasteiger partial charge in [0.1, 0.15) is 0 Å². The molecule has 7 heteroatoms. The molecule has 0 saturated carbocycles. The van der Waals surface area contributed by atoms with Crippen LogP contribution in [0.25, 0.3) is 0 Å². The number of guanidine groups is 1. The topological polar surface area (TPSA) is 69.1 Å². The molecule has 1 aliphatic rings. The summed E-state index contributed by atoms with van der Waals surface area (Å²) in [5, 5.41) is 16.2. The largest absolute Gasteiger partial charge is 0.396 e. The number of nitrogens with one attached hydrogen (secondary N) is 2. The van der Waals surface area contributed by atoms with Gasteiger partial charge in [0, 0.05) is 51.4 Å². The van der Waals surface area contributed by atoms with Crippen LogP contribution in [0.2, 0.25) is 0 Å². The van der Waals surface area contributed by atoms with Gasteiger partial charge in [-0.2, -0.15) is 0 Å². The van der Waals surface area contributed by atoms with Gasteiger partial charge in [-0.25, -0.2) is 0 Å². The first-order valence-electron chi connectivity index (χ1n) is 9.96. The maximum absolute atomic E-state index is 9.34. The lowest BCUT2D eigenvalue weighted by atomic mass is 9.84. The molecule has 0 spiro atoms. The molecule has 3 N–H and O–H groups in total. The Morgan fingerprint density at radius 3 is 2.68 bits per heavy atom. The van der Waals surface area contributed by atoms with E-state index in [1.807, 2.05) is 0 Å². The van der Waals surface area contributed by atoms with Gasteiger partial charge in [-0.15, -0.1) is 24.0 Å². The number of benzene rings is 1. The smallest absolute Gasteiger partial charge is 0.190 e. The second kappa shape index (κ2) is 13.3. The zero-order chi connectivity index (χ0) is 19.5. The summed E-state index contributed by atoms with van der Waals surface area (Å²) in [7, 11) is 3.97. The van der Waals surface area contributed by atoms with Gasteiger partial charge in [0.15, 0.2) is 5.96 Å². The number of nitrogens with zero attached hydrogens (tertiary/aromatic N) is 2. The fourth-order valence-corrected chi connectivity index (χ4v) is 3.45. The van der Waals surface area contributed by atoms with Crippen molar-refractivity contribution in [1.29, 1.82) is 0 Å². The van der Waals surface area contributed by atoms with Gasteiger partial charge in [0.25, 0.3) is 0 Å². The van der Waals surface area contributed by atoms with Crippen molar-refractivity contribution in [3.05, 3.63) is 35.9 Å². The zero-order valence-corrected chi connectivity index (χ0v) is 19.8. The van der Waals surface area contributed by atoms with Crippen molar-refractivity contribution in [3.8, 4) is 0 Å². The number of hydrogen-bond acceptors (Lipinski definition) is 4. The van der Waals surface area contributed by atoms with Crippen molar-refractivity contribution in [1.82, 2.24) is 15.5 Å². The Morgan fingerprint density at radius 2 is 2.07 bits per heavy atom. The third-order valence-electron chi connectivity index (χ3n) is 5.56. The van der Waals surface area contributed by atoms with E-state index in [0.29, 0.717) is 12.6 Å². The van der Waals surface area contributed by atoms with Gasteiger partial charge in [-0.1, -0.05) is 30.3 Å². The summed E-state index contributed by atoms with van der Waals surface area (Å²) in [6.45, 7) is 6.53. The molecular formula is C21H37IN4O2. The van der Waals surface area contributed by atoms with Crippen LogP contribution in [0.4, 0.5) is 0 Å². The standard InChI is InChI=1S/C21H36N4O2.HI/c1-18(25(3)15-19-7-5-4-6-8-19)9-12-23-20(22-2)24-16-21(10-13-26)11-14-27-17-21;/h4-8,18,26H,9-17H2,1-3H3,(H2,22,23,24);1H. The van der Waals surface area contributed by atoms with Crippen LogP contribution >= 0.6 is 24.0 Å². The predicted molar refractivity (Wildman–Crippen MR) is 126 cm³/mol. The first-order valence-corrected chi connectivity index (χ1v) is 9.96. The number of hydrogen-bond donors (Lipinski definition) is 3. The molecule has 2 rings (SSSR count). The Labute approximate surface area is 187 Å². The first-order chi connectivity index (χ1) is 13.1. The summed E-state index contributed by atoms with van der Waals surface area (Å²) in [5.74, 6) is 0.817. The first kappa shape index (κ1) is 25.1. The van der Waals surface area contributed by atoms with E-state index >= 15 is 0 Å². The van der Waals surface area contributed by atoms with Crippen molar-refractivity contribution >= 4 is 29.9 Å². The number of aliphatic imine (C=N–C) groups is 1. The molecule has 160 valence electrons. The molecule has 1 aromatic rings. The molecule has 0 bridgehead atoms. The summed E-state index contributed by atoms with van der Waals surface area (Å²) in [6.07, 6.45) is 2.78. The highest BCUT2D eigenvalue weighted by atomic mass is 127. The fraction of sp³-hybridized carbons (Fsp3) is 0.667. The average molecular weight is 504 g/mol. The molecule has 1 heterocycles. The van der Waals surface area contributed by atoms with Crippen LogP contribution in [0.15, 0.2) is 35.3 Å². The summed E-state index contributed by atoms with van der Waals surface area (Å²) in [5.41, 5.74) is 1.36. The van der Waals surface area contributed by atoms with Gasteiger partial charge in [-0.05, 0) is 38.8 Å². The second-order valence-corrected chi connectivity index (χ2v) is 7.67. The molecule has 0 aromatic heterocycles. The van der Waals surface area contributed by atoms with E-state index in [0.717, 1.165) is 51.5 Å². The van der Waals surface area contributed by atoms with E-state index in [1.165, 1.54) is 5.56 Å². The number of aliphatic hydroxyl groups is 1. The molecule has 6 nitrogen and oxygen atoms in total. The van der Waals surface area contributed by atoms with E-state index in [2.05, 4.69) is 64.8 Å². The molecule has 2 unspecified atom stereocenters. The molecular weight excluding hydrogens is 467 g/mol. The van der Waals surface area contributed by atoms with Gasteiger partial charge in [0.05, 0.1) is 6.61 Å². The molecule has 1 aromatic carbocycles. The SMILES string of the molecule is CN=C(NCCC(C)N(C)Cc1ccccc1)NCC1(CCO)CCOC1.I. The molecule has 28 heavy (non-hydrogen) atoms. The van der Waals surface area contributed by atoms with E-state index in [9.17, 15) is 5.11 Å². The lowest BCUT2D eigenvalue weighted by Crippen LogP contribution is -2.45. The summed E-state index contributed by atoms with van der Waals surface area (Å²) in [6, 6.07) is 11.0. The Kier molecular flexibility index (Phi) is 12.0. The summed E-state index contributed by atoms with van der Waals surface area (Å²) < 4.78 is 5.55. The number of rotatable bonds is 10. The van der Waals surface area contributed by atoms with Crippen molar-refractivity contribution in [2.75, 3.05) is 47.0 Å². The molecule has 0 radical (unpaired) electrons. The third-order valence-corrected chi connectivity index (χ3v) is 5.56. The third kappa shape index (κ3) is 8.23. The maximum Gasteiger partial charge on any atom is 0.190 e. The maximum atomic E-state index is 9.34. The Hall–Kier alpha value is -0.900. The summed E-state index contributed by atoms with van der Waals surface area (Å²) >= 11 is 0. The highest BCUT2D eigenvalue weighted by molar-refractivity contribution is 14.0. The van der Waals surface area contributed by atoms with E-state index < -0.39 is 0 Å². The van der Waals surface area contributed by atoms with Crippen LogP contribution in [-0.4, -0.2) is 69.0 Å². The van der Waals surface area contributed by atoms with Gasteiger partial charge >= 0.3 is 0 Å². The molecule has 1 fully saturated rings. The Balaban J connectivity index is 0.00000392. The molecule has 1 aliphatic heterocycles. The van der Waals surface area contributed by atoms with Crippen molar-refractivity contribution < 1.29 is 9.84 Å². The molecule has 2 atom stereocenters. The number of aliphatic hydroxyl groups excluding tert-OH is 1. The van der Waals surface area contributed by atoms with E-state index in [1.54, 1.807) is 7.05 Å². The van der Waals surface area contributed by atoms with Crippen LogP contribution in [0.1, 0.15) is 31.7 Å². The normalized spacial score (nSPS) is 20.7. The minimum Gasteiger partial charge on any atom is -0.396 e. The number of halogens is 1. The van der Waals surface area contributed by atoms with E-state index in [-0.39, 0.29) is 36.0 Å². The number of ether oxygens (including phenoxy) is 1. The van der Waals surface area contributed by atoms with Crippen molar-refractivity contribution in [3.63, 3.8) is 0 Å². The zero-order valence-electron chi connectivity index (χ0n) is 17.5. The average Bonchev–Trinajstić information content (AvgIpc) is 3.14. The fourth-order valence-electron chi connectivity index (χ4n) is 3.45. The molecule has 0 aliphatic carbocycles. The minimum atomic E-state index is 0. The second-order valence-electron chi connectivity index (χ2n) is 7.67. The predicted octanol–water partition coefficient (Wildman–Crippen LogP) is 2.47. The van der Waals surface area contributed by atoms with Crippen molar-refractivity contribution in [2.45, 2.75) is 38.8 Å². The Bertz CT molecular complexity index is 565. The monoisotopic (exact) mass is 504 g/mol. The van der Waals surface area contributed by atoms with Gasteiger partial charge < -0.3 is 20.5 Å². The van der Waals surface area contributed by atoms with Crippen LogP contribution in [0, 0.1) is 5.41 Å². The lowest BCUT2D eigenvalue weighted by Gasteiger charge is -2.28. The minimum absolute atomic E-state index is 0. The van der Waals surface area contributed by atoms with Crippen LogP contribution in [0.3, 0.4) is 0 Å².